The van der Waals surface area contributed by atoms with E-state index in [1.165, 1.54) is 23.8 Å². The average molecular weight is 303 g/mol. The topological polar surface area (TPSA) is 99.2 Å². The summed E-state index contributed by atoms with van der Waals surface area (Å²) in [4.78, 5) is 37.4. The van der Waals surface area contributed by atoms with Crippen LogP contribution in [0.1, 0.15) is 6.42 Å². The molecule has 0 aromatic carbocycles. The minimum absolute atomic E-state index is 0.148. The highest BCUT2D eigenvalue weighted by molar-refractivity contribution is 7.99. The molecule has 2 fully saturated rings. The summed E-state index contributed by atoms with van der Waals surface area (Å²) < 4.78 is 4.51. The number of thioether (sulfide) groups is 1. The summed E-state index contributed by atoms with van der Waals surface area (Å²) in [5, 5.41) is 11.7. The largest absolute Gasteiger partial charge is 0.480 e. The van der Waals surface area contributed by atoms with Gasteiger partial charge in [-0.3, -0.25) is 0 Å². The van der Waals surface area contributed by atoms with Crippen LogP contribution in [-0.4, -0.2) is 76.9 Å². The molecule has 8 nitrogen and oxygen atoms in total. The van der Waals surface area contributed by atoms with E-state index in [0.717, 1.165) is 0 Å². The van der Waals surface area contributed by atoms with Gasteiger partial charge in [0.25, 0.3) is 0 Å². The Bertz CT molecular complexity index is 419. The molecule has 2 aliphatic heterocycles. The third kappa shape index (κ3) is 3.09. The van der Waals surface area contributed by atoms with Crippen molar-refractivity contribution in [2.45, 2.75) is 18.5 Å². The van der Waals surface area contributed by atoms with Crippen molar-refractivity contribution in [1.29, 1.82) is 0 Å². The van der Waals surface area contributed by atoms with Gasteiger partial charge in [0, 0.05) is 18.8 Å². The van der Waals surface area contributed by atoms with E-state index in [4.69, 9.17) is 5.11 Å². The summed E-state index contributed by atoms with van der Waals surface area (Å²) in [6.07, 6.45) is 0.115. The Morgan fingerprint density at radius 1 is 1.40 bits per heavy atom. The number of urea groups is 1. The minimum Gasteiger partial charge on any atom is -0.480 e. The molecule has 0 aliphatic carbocycles. The standard InChI is InChI=1S/C11H17N3O5S/c1-19-10(17)12-7-2-3-13(4-7)11(18)14-6-20-5-8(14)9(15)16/h7-8H,2-6H2,1H3,(H,12,17)(H,15,16). The van der Waals surface area contributed by atoms with Crippen LogP contribution in [0.2, 0.25) is 0 Å². The Morgan fingerprint density at radius 3 is 2.80 bits per heavy atom. The molecule has 2 saturated heterocycles. The predicted molar refractivity (Wildman–Crippen MR) is 71.5 cm³/mol. The number of carbonyl (C=O) groups excluding carboxylic acids is 2. The number of hydrogen-bond acceptors (Lipinski definition) is 5. The van der Waals surface area contributed by atoms with Gasteiger partial charge in [-0.15, -0.1) is 11.8 Å². The first-order valence-electron chi connectivity index (χ1n) is 6.23. The Balaban J connectivity index is 1.91. The van der Waals surface area contributed by atoms with Crippen molar-refractivity contribution in [2.75, 3.05) is 31.8 Å². The number of carboxylic acid groups (broad SMARTS) is 1. The number of amides is 3. The fraction of sp³-hybridized carbons (Fsp3) is 0.727. The van der Waals surface area contributed by atoms with Crippen LogP contribution in [-0.2, 0) is 9.53 Å². The minimum atomic E-state index is -0.980. The summed E-state index contributed by atoms with van der Waals surface area (Å²) in [5.74, 6) is -0.174. The maximum atomic E-state index is 12.3. The van der Waals surface area contributed by atoms with Crippen molar-refractivity contribution in [1.82, 2.24) is 15.1 Å². The number of nitrogens with one attached hydrogen (secondary N) is 1. The number of methoxy groups -OCH3 is 1. The van der Waals surface area contributed by atoms with Gasteiger partial charge in [-0.05, 0) is 6.42 Å². The van der Waals surface area contributed by atoms with Gasteiger partial charge in [-0.25, -0.2) is 14.4 Å². The SMILES string of the molecule is COC(=O)NC1CCN(C(=O)N2CSCC2C(=O)O)C1. The lowest BCUT2D eigenvalue weighted by atomic mass is 10.3. The lowest BCUT2D eigenvalue weighted by Crippen LogP contribution is -2.49. The van der Waals surface area contributed by atoms with Crippen LogP contribution < -0.4 is 5.32 Å². The van der Waals surface area contributed by atoms with Crippen LogP contribution in [0.15, 0.2) is 0 Å². The Hall–Kier alpha value is -1.64. The first-order chi connectivity index (χ1) is 9.52. The molecular formula is C11H17N3O5S. The lowest BCUT2D eigenvalue weighted by Gasteiger charge is -2.26. The van der Waals surface area contributed by atoms with Crippen molar-refractivity contribution in [3.8, 4) is 0 Å². The molecule has 0 aromatic rings. The smallest absolute Gasteiger partial charge is 0.407 e. The quantitative estimate of drug-likeness (QED) is 0.745. The predicted octanol–water partition coefficient (Wildman–Crippen LogP) is -0.00380. The molecular weight excluding hydrogens is 286 g/mol. The summed E-state index contributed by atoms with van der Waals surface area (Å²) >= 11 is 1.43. The van der Waals surface area contributed by atoms with E-state index in [0.29, 0.717) is 31.1 Å². The van der Waals surface area contributed by atoms with Gasteiger partial charge in [-0.2, -0.15) is 0 Å². The van der Waals surface area contributed by atoms with Gasteiger partial charge in [0.15, 0.2) is 0 Å². The molecule has 0 radical (unpaired) electrons. The van der Waals surface area contributed by atoms with Gasteiger partial charge in [0.05, 0.1) is 19.0 Å². The van der Waals surface area contributed by atoms with Crippen LogP contribution in [0.5, 0.6) is 0 Å². The van der Waals surface area contributed by atoms with Crippen LogP contribution in [0.4, 0.5) is 9.59 Å². The van der Waals surface area contributed by atoms with E-state index in [1.807, 2.05) is 0 Å². The van der Waals surface area contributed by atoms with E-state index < -0.39 is 18.1 Å². The average Bonchev–Trinajstić information content (AvgIpc) is 3.06. The van der Waals surface area contributed by atoms with E-state index in [2.05, 4.69) is 10.1 Å². The maximum absolute atomic E-state index is 12.3. The Labute approximate surface area is 120 Å². The summed E-state index contributed by atoms with van der Waals surface area (Å²) in [5.41, 5.74) is 0. The number of ether oxygens (including phenoxy) is 1. The third-order valence-corrected chi connectivity index (χ3v) is 4.39. The maximum Gasteiger partial charge on any atom is 0.407 e. The number of rotatable bonds is 2. The molecule has 3 amide bonds. The molecule has 0 spiro atoms. The molecule has 2 aliphatic rings. The Morgan fingerprint density at radius 2 is 2.15 bits per heavy atom. The molecule has 112 valence electrons. The second kappa shape index (κ2) is 6.21. The molecule has 2 rings (SSSR count). The zero-order chi connectivity index (χ0) is 14.7. The van der Waals surface area contributed by atoms with E-state index in [1.54, 1.807) is 4.90 Å². The highest BCUT2D eigenvalue weighted by Gasteiger charge is 2.38. The number of likely N-dealkylation sites (tertiary alicyclic amines) is 1. The first-order valence-corrected chi connectivity index (χ1v) is 7.39. The van der Waals surface area contributed by atoms with Crippen molar-refractivity contribution < 1.29 is 24.2 Å². The number of carbonyl (C=O) groups is 3. The van der Waals surface area contributed by atoms with Gasteiger partial charge in [-0.1, -0.05) is 0 Å². The van der Waals surface area contributed by atoms with Gasteiger partial charge in [0.1, 0.15) is 6.04 Å². The van der Waals surface area contributed by atoms with Crippen LogP contribution in [0.25, 0.3) is 0 Å². The highest BCUT2D eigenvalue weighted by Crippen LogP contribution is 2.24. The van der Waals surface area contributed by atoms with E-state index >= 15 is 0 Å². The van der Waals surface area contributed by atoms with Crippen molar-refractivity contribution in [3.63, 3.8) is 0 Å². The molecule has 0 saturated carbocycles. The van der Waals surface area contributed by atoms with Gasteiger partial charge >= 0.3 is 18.1 Å². The fourth-order valence-electron chi connectivity index (χ4n) is 2.29. The molecule has 2 unspecified atom stereocenters. The van der Waals surface area contributed by atoms with Crippen LogP contribution in [0.3, 0.4) is 0 Å². The normalized spacial score (nSPS) is 25.6. The highest BCUT2D eigenvalue weighted by atomic mass is 32.2. The number of hydrogen-bond donors (Lipinski definition) is 2. The monoisotopic (exact) mass is 303 g/mol. The van der Waals surface area contributed by atoms with E-state index in [-0.39, 0.29) is 12.1 Å². The second-order valence-electron chi connectivity index (χ2n) is 4.67. The van der Waals surface area contributed by atoms with Crippen molar-refractivity contribution in [2.24, 2.45) is 0 Å². The molecule has 20 heavy (non-hydrogen) atoms. The van der Waals surface area contributed by atoms with Crippen molar-refractivity contribution >= 4 is 29.9 Å². The number of carboxylic acids is 1. The first kappa shape index (κ1) is 14.8. The second-order valence-corrected chi connectivity index (χ2v) is 5.67. The van der Waals surface area contributed by atoms with E-state index in [9.17, 15) is 14.4 Å². The molecule has 2 atom stereocenters. The number of nitrogens with zero attached hydrogens (tertiary/aromatic N) is 2. The summed E-state index contributed by atoms with van der Waals surface area (Å²) in [6, 6.07) is -1.19. The molecule has 2 N–H and O–H groups in total. The number of alkyl carbamates (subject to hydrolysis) is 1. The zero-order valence-corrected chi connectivity index (χ0v) is 11.9. The summed E-state index contributed by atoms with van der Waals surface area (Å²) in [7, 11) is 1.28. The molecule has 9 heteroatoms. The summed E-state index contributed by atoms with van der Waals surface area (Å²) in [6.45, 7) is 0.877. The Kier molecular flexibility index (Phi) is 4.58. The van der Waals surface area contributed by atoms with Gasteiger partial charge < -0.3 is 25.0 Å². The third-order valence-electron chi connectivity index (χ3n) is 3.38. The van der Waals surface area contributed by atoms with Crippen LogP contribution >= 0.6 is 11.8 Å². The lowest BCUT2D eigenvalue weighted by molar-refractivity contribution is -0.140. The fourth-order valence-corrected chi connectivity index (χ4v) is 3.43. The molecule has 2 heterocycles. The zero-order valence-electron chi connectivity index (χ0n) is 11.1. The van der Waals surface area contributed by atoms with Gasteiger partial charge in [0.2, 0.25) is 0 Å². The molecule has 0 bridgehead atoms. The number of aliphatic carboxylic acids is 1. The van der Waals surface area contributed by atoms with Crippen LogP contribution in [0, 0.1) is 0 Å². The van der Waals surface area contributed by atoms with Crippen molar-refractivity contribution in [3.05, 3.63) is 0 Å². The molecule has 0 aromatic heterocycles.